The van der Waals surface area contributed by atoms with Crippen molar-refractivity contribution >= 4 is 5.91 Å². The van der Waals surface area contributed by atoms with Gasteiger partial charge in [0.15, 0.2) is 0 Å². The van der Waals surface area contributed by atoms with E-state index in [9.17, 15) is 4.79 Å². The van der Waals surface area contributed by atoms with Gasteiger partial charge in [-0.25, -0.2) is 0 Å². The minimum absolute atomic E-state index is 0.137. The molecular weight excluding hydrogens is 250 g/mol. The molecule has 100 valence electrons. The maximum atomic E-state index is 12.0. The third-order valence-corrected chi connectivity index (χ3v) is 2.88. The van der Waals surface area contributed by atoms with Crippen LogP contribution in [0.5, 0.6) is 0 Å². The lowest BCUT2D eigenvalue weighted by atomic mass is 10.1. The van der Waals surface area contributed by atoms with E-state index in [0.717, 1.165) is 6.42 Å². The highest BCUT2D eigenvalue weighted by Gasteiger charge is 2.06. The van der Waals surface area contributed by atoms with E-state index in [-0.39, 0.29) is 12.3 Å². The zero-order valence-corrected chi connectivity index (χ0v) is 11.0. The van der Waals surface area contributed by atoms with Crippen LogP contribution in [-0.2, 0) is 12.8 Å². The van der Waals surface area contributed by atoms with E-state index >= 15 is 0 Å². The van der Waals surface area contributed by atoms with Crippen LogP contribution in [0.4, 0.5) is 0 Å². The number of hydrogen-bond acceptors (Lipinski definition) is 3. The average Bonchev–Trinajstić information content (AvgIpc) is 2.49. The topological polar surface area (TPSA) is 65.8 Å². The van der Waals surface area contributed by atoms with Crippen molar-refractivity contribution in [3.63, 3.8) is 0 Å². The SMILES string of the molecule is N#CCc1cc(C(=O)NCCc2ccccc2)ccn1. The standard InChI is InChI=1S/C16H15N3O/c17-9-6-15-12-14(8-11-18-15)16(20)19-10-7-13-4-2-1-3-5-13/h1-5,8,11-12H,6-7,10H2,(H,19,20). The Morgan fingerprint density at radius 3 is 2.80 bits per heavy atom. The van der Waals surface area contributed by atoms with Crippen molar-refractivity contribution in [2.75, 3.05) is 6.54 Å². The molecule has 20 heavy (non-hydrogen) atoms. The molecule has 0 aliphatic heterocycles. The first kappa shape index (κ1) is 13.8. The second-order valence-electron chi connectivity index (χ2n) is 4.36. The molecule has 1 heterocycles. The highest BCUT2D eigenvalue weighted by atomic mass is 16.1. The summed E-state index contributed by atoms with van der Waals surface area (Å²) in [5.41, 5.74) is 2.34. The van der Waals surface area contributed by atoms with E-state index in [2.05, 4.69) is 10.3 Å². The van der Waals surface area contributed by atoms with E-state index < -0.39 is 0 Å². The van der Waals surface area contributed by atoms with Gasteiger partial charge in [0.2, 0.25) is 0 Å². The molecule has 0 radical (unpaired) electrons. The van der Waals surface area contributed by atoms with E-state index in [4.69, 9.17) is 5.26 Å². The third-order valence-electron chi connectivity index (χ3n) is 2.88. The average molecular weight is 265 g/mol. The molecule has 1 amide bonds. The van der Waals surface area contributed by atoms with Crippen LogP contribution in [0.2, 0.25) is 0 Å². The summed E-state index contributed by atoms with van der Waals surface area (Å²) in [6.45, 7) is 0.582. The molecule has 0 unspecified atom stereocenters. The van der Waals surface area contributed by atoms with Crippen molar-refractivity contribution < 1.29 is 4.79 Å². The molecule has 0 saturated carbocycles. The van der Waals surface area contributed by atoms with Gasteiger partial charge in [0, 0.05) is 18.3 Å². The molecule has 1 N–H and O–H groups in total. The molecule has 0 atom stereocenters. The Kier molecular flexibility index (Phi) is 4.85. The lowest BCUT2D eigenvalue weighted by molar-refractivity contribution is 0.0954. The van der Waals surface area contributed by atoms with Gasteiger partial charge in [-0.05, 0) is 24.1 Å². The summed E-state index contributed by atoms with van der Waals surface area (Å²) in [7, 11) is 0. The summed E-state index contributed by atoms with van der Waals surface area (Å²) < 4.78 is 0. The Labute approximate surface area is 118 Å². The zero-order valence-electron chi connectivity index (χ0n) is 11.0. The second kappa shape index (κ2) is 7.05. The molecule has 1 aromatic heterocycles. The van der Waals surface area contributed by atoms with Crippen LogP contribution in [0.25, 0.3) is 0 Å². The number of nitriles is 1. The monoisotopic (exact) mass is 265 g/mol. The van der Waals surface area contributed by atoms with Gasteiger partial charge >= 0.3 is 0 Å². The van der Waals surface area contributed by atoms with E-state index in [1.54, 1.807) is 18.3 Å². The Balaban J connectivity index is 1.89. The molecule has 0 fully saturated rings. The Morgan fingerprint density at radius 2 is 2.05 bits per heavy atom. The predicted molar refractivity (Wildman–Crippen MR) is 76.0 cm³/mol. The molecule has 4 heteroatoms. The molecule has 4 nitrogen and oxygen atoms in total. The van der Waals surface area contributed by atoms with Gasteiger partial charge in [-0.1, -0.05) is 30.3 Å². The molecule has 1 aromatic carbocycles. The number of carbonyl (C=O) groups is 1. The lowest BCUT2D eigenvalue weighted by Gasteiger charge is -2.06. The number of rotatable bonds is 5. The number of hydrogen-bond donors (Lipinski definition) is 1. The van der Waals surface area contributed by atoms with Gasteiger partial charge in [0.1, 0.15) is 0 Å². The van der Waals surface area contributed by atoms with Gasteiger partial charge in [0.05, 0.1) is 18.2 Å². The largest absolute Gasteiger partial charge is 0.352 e. The maximum absolute atomic E-state index is 12.0. The first-order chi connectivity index (χ1) is 9.79. The van der Waals surface area contributed by atoms with Crippen LogP contribution in [-0.4, -0.2) is 17.4 Å². The highest BCUT2D eigenvalue weighted by molar-refractivity contribution is 5.94. The Bertz CT molecular complexity index is 617. The van der Waals surface area contributed by atoms with Crippen LogP contribution in [0.1, 0.15) is 21.6 Å². The number of carbonyl (C=O) groups excluding carboxylic acids is 1. The summed E-state index contributed by atoms with van der Waals surface area (Å²) in [6, 6.07) is 15.3. The molecule has 0 aliphatic carbocycles. The smallest absolute Gasteiger partial charge is 0.251 e. The van der Waals surface area contributed by atoms with Crippen LogP contribution >= 0.6 is 0 Å². The minimum atomic E-state index is -0.137. The number of pyridine rings is 1. The van der Waals surface area contributed by atoms with Crippen molar-refractivity contribution in [1.82, 2.24) is 10.3 Å². The van der Waals surface area contributed by atoms with Crippen LogP contribution in [0, 0.1) is 11.3 Å². The summed E-state index contributed by atoms with van der Waals surface area (Å²) in [4.78, 5) is 16.0. The van der Waals surface area contributed by atoms with Gasteiger partial charge in [-0.15, -0.1) is 0 Å². The van der Waals surface area contributed by atoms with Gasteiger partial charge in [-0.2, -0.15) is 5.26 Å². The minimum Gasteiger partial charge on any atom is -0.352 e. The van der Waals surface area contributed by atoms with Gasteiger partial charge < -0.3 is 5.32 Å². The highest BCUT2D eigenvalue weighted by Crippen LogP contribution is 2.03. The first-order valence-electron chi connectivity index (χ1n) is 6.43. The normalized spacial score (nSPS) is 9.75. The summed E-state index contributed by atoms with van der Waals surface area (Å²) in [5.74, 6) is -0.137. The van der Waals surface area contributed by atoms with Crippen LogP contribution in [0.15, 0.2) is 48.7 Å². The fraction of sp³-hybridized carbons (Fsp3) is 0.188. The van der Waals surface area contributed by atoms with E-state index in [1.807, 2.05) is 36.4 Å². The van der Waals surface area contributed by atoms with Crippen molar-refractivity contribution in [2.24, 2.45) is 0 Å². The Morgan fingerprint density at radius 1 is 1.25 bits per heavy atom. The second-order valence-corrected chi connectivity index (χ2v) is 4.36. The maximum Gasteiger partial charge on any atom is 0.251 e. The fourth-order valence-corrected chi connectivity index (χ4v) is 1.86. The van der Waals surface area contributed by atoms with Crippen LogP contribution in [0.3, 0.4) is 0 Å². The van der Waals surface area contributed by atoms with Crippen molar-refractivity contribution in [3.8, 4) is 6.07 Å². The predicted octanol–water partition coefficient (Wildman–Crippen LogP) is 2.12. The first-order valence-corrected chi connectivity index (χ1v) is 6.43. The molecule has 0 aliphatic rings. The van der Waals surface area contributed by atoms with Crippen LogP contribution < -0.4 is 5.32 Å². The fourth-order valence-electron chi connectivity index (χ4n) is 1.86. The van der Waals surface area contributed by atoms with Gasteiger partial charge in [-0.3, -0.25) is 9.78 Å². The van der Waals surface area contributed by atoms with E-state index in [1.165, 1.54) is 5.56 Å². The number of nitrogens with one attached hydrogen (secondary N) is 1. The lowest BCUT2D eigenvalue weighted by Crippen LogP contribution is -2.25. The van der Waals surface area contributed by atoms with Crippen molar-refractivity contribution in [3.05, 3.63) is 65.5 Å². The number of aromatic nitrogens is 1. The number of nitrogens with zero attached hydrogens (tertiary/aromatic N) is 2. The van der Waals surface area contributed by atoms with E-state index in [0.29, 0.717) is 17.8 Å². The molecule has 2 rings (SSSR count). The molecule has 0 saturated heterocycles. The summed E-state index contributed by atoms with van der Waals surface area (Å²) in [5, 5.41) is 11.5. The molecule has 0 spiro atoms. The molecule has 2 aromatic rings. The summed E-state index contributed by atoms with van der Waals surface area (Å²) in [6.07, 6.45) is 2.56. The third kappa shape index (κ3) is 3.92. The molecular formula is C16H15N3O. The number of amides is 1. The van der Waals surface area contributed by atoms with Gasteiger partial charge in [0.25, 0.3) is 5.91 Å². The summed E-state index contributed by atoms with van der Waals surface area (Å²) >= 11 is 0. The molecule has 0 bridgehead atoms. The van der Waals surface area contributed by atoms with Crippen molar-refractivity contribution in [1.29, 1.82) is 5.26 Å². The van der Waals surface area contributed by atoms with Crippen molar-refractivity contribution in [2.45, 2.75) is 12.8 Å². The quantitative estimate of drug-likeness (QED) is 0.900. The zero-order chi connectivity index (χ0) is 14.2. The number of benzene rings is 1. The Hall–Kier alpha value is -2.67.